The molecule has 0 saturated carbocycles. The van der Waals surface area contributed by atoms with E-state index in [9.17, 15) is 0 Å². The fourth-order valence-electron chi connectivity index (χ4n) is 2.49. The minimum atomic E-state index is -0.0687. The Balaban J connectivity index is 2.44. The van der Waals surface area contributed by atoms with Gasteiger partial charge in [0.05, 0.1) is 5.88 Å². The Morgan fingerprint density at radius 1 is 1.10 bits per heavy atom. The van der Waals surface area contributed by atoms with Crippen molar-refractivity contribution in [2.45, 2.75) is 52.5 Å². The van der Waals surface area contributed by atoms with E-state index >= 15 is 0 Å². The molecule has 2 rings (SSSR count). The van der Waals surface area contributed by atoms with E-state index in [-0.39, 0.29) is 5.54 Å². The molecule has 0 unspecified atom stereocenters. The molecule has 0 aliphatic rings. The molecule has 20 heavy (non-hydrogen) atoms. The molecule has 4 heteroatoms. The number of rotatable bonds is 3. The number of nitrogens with zero attached hydrogens (tertiary/aromatic N) is 3. The molecule has 0 aliphatic heterocycles. The van der Waals surface area contributed by atoms with Gasteiger partial charge in [0.25, 0.3) is 0 Å². The number of halogens is 1. The van der Waals surface area contributed by atoms with Crippen LogP contribution in [-0.4, -0.2) is 14.8 Å². The van der Waals surface area contributed by atoms with Gasteiger partial charge in [0.1, 0.15) is 11.6 Å². The van der Waals surface area contributed by atoms with Crippen molar-refractivity contribution < 1.29 is 0 Å². The molecule has 2 aromatic rings. The first-order valence-electron chi connectivity index (χ1n) is 6.88. The van der Waals surface area contributed by atoms with Gasteiger partial charge in [0.2, 0.25) is 0 Å². The van der Waals surface area contributed by atoms with Crippen LogP contribution >= 0.6 is 11.6 Å². The fraction of sp³-hybridized carbons (Fsp3) is 0.500. The van der Waals surface area contributed by atoms with E-state index in [1.807, 2.05) is 0 Å². The molecule has 0 N–H and O–H groups in total. The Bertz CT molecular complexity index is 609. The lowest BCUT2D eigenvalue weighted by Crippen LogP contribution is -2.26. The first-order chi connectivity index (χ1) is 9.32. The summed E-state index contributed by atoms with van der Waals surface area (Å²) in [5, 5.41) is 8.58. The van der Waals surface area contributed by atoms with Crippen LogP contribution in [0.5, 0.6) is 0 Å². The van der Waals surface area contributed by atoms with Crippen LogP contribution < -0.4 is 0 Å². The Hall–Kier alpha value is -1.35. The van der Waals surface area contributed by atoms with Crippen molar-refractivity contribution in [1.82, 2.24) is 14.8 Å². The Labute approximate surface area is 126 Å². The largest absolute Gasteiger partial charge is 0.308 e. The number of benzene rings is 1. The van der Waals surface area contributed by atoms with E-state index in [1.165, 1.54) is 16.7 Å². The second-order valence-electron chi connectivity index (χ2n) is 6.28. The molecule has 1 aromatic carbocycles. The predicted molar refractivity (Wildman–Crippen MR) is 83.3 cm³/mol. The molecular weight excluding hydrogens is 270 g/mol. The molecule has 0 saturated heterocycles. The van der Waals surface area contributed by atoms with Gasteiger partial charge in [-0.05, 0) is 45.7 Å². The van der Waals surface area contributed by atoms with E-state index in [2.05, 4.69) is 67.6 Å². The number of alkyl halides is 1. The molecule has 0 amide bonds. The van der Waals surface area contributed by atoms with Gasteiger partial charge in [-0.2, -0.15) is 0 Å². The Morgan fingerprint density at radius 3 is 2.35 bits per heavy atom. The Morgan fingerprint density at radius 2 is 1.75 bits per heavy atom. The third-order valence-corrected chi connectivity index (χ3v) is 3.68. The van der Waals surface area contributed by atoms with E-state index in [0.717, 1.165) is 18.1 Å². The molecule has 1 aromatic heterocycles. The van der Waals surface area contributed by atoms with Gasteiger partial charge in [-0.15, -0.1) is 21.8 Å². The summed E-state index contributed by atoms with van der Waals surface area (Å²) in [7, 11) is 0. The number of aryl methyl sites for hydroxylation is 2. The summed E-state index contributed by atoms with van der Waals surface area (Å²) in [6.45, 7) is 10.7. The maximum Gasteiger partial charge on any atom is 0.148 e. The van der Waals surface area contributed by atoms with Crippen molar-refractivity contribution in [1.29, 1.82) is 0 Å². The van der Waals surface area contributed by atoms with Crippen molar-refractivity contribution >= 4 is 11.6 Å². The van der Waals surface area contributed by atoms with E-state index in [1.54, 1.807) is 0 Å². The second kappa shape index (κ2) is 5.57. The molecular formula is C16H22ClN3. The monoisotopic (exact) mass is 291 g/mol. The van der Waals surface area contributed by atoms with Crippen molar-refractivity contribution in [2.75, 3.05) is 0 Å². The first-order valence-corrected chi connectivity index (χ1v) is 7.42. The average molecular weight is 292 g/mol. The molecule has 0 aliphatic carbocycles. The molecule has 3 nitrogen and oxygen atoms in total. The second-order valence-corrected chi connectivity index (χ2v) is 6.55. The first kappa shape index (κ1) is 15.0. The summed E-state index contributed by atoms with van der Waals surface area (Å²) in [6, 6.07) is 6.51. The van der Waals surface area contributed by atoms with Gasteiger partial charge in [-0.25, -0.2) is 0 Å². The number of hydrogen-bond donors (Lipinski definition) is 0. The van der Waals surface area contributed by atoms with Crippen LogP contribution in [0.4, 0.5) is 0 Å². The Kier molecular flexibility index (Phi) is 4.19. The molecule has 108 valence electrons. The van der Waals surface area contributed by atoms with Crippen LogP contribution in [-0.2, 0) is 17.8 Å². The lowest BCUT2D eigenvalue weighted by atomic mass is 10.0. The summed E-state index contributed by atoms with van der Waals surface area (Å²) >= 11 is 5.99. The summed E-state index contributed by atoms with van der Waals surface area (Å²) in [4.78, 5) is 0. The molecule has 0 radical (unpaired) electrons. The standard InChI is InChI=1S/C16H22ClN3/c1-11-6-7-12(2)13(8-11)9-14-18-19-15(10-17)20(14)16(3,4)5/h6-8H,9-10H2,1-5H3. The van der Waals surface area contributed by atoms with Crippen molar-refractivity contribution in [3.05, 3.63) is 46.5 Å². The van der Waals surface area contributed by atoms with Crippen LogP contribution in [0.25, 0.3) is 0 Å². The SMILES string of the molecule is Cc1ccc(C)c(Cc2nnc(CCl)n2C(C)(C)C)c1. The summed E-state index contributed by atoms with van der Waals surface area (Å²) in [6.07, 6.45) is 0.786. The molecule has 0 spiro atoms. The lowest BCUT2D eigenvalue weighted by molar-refractivity contribution is 0.375. The highest BCUT2D eigenvalue weighted by Gasteiger charge is 2.22. The minimum absolute atomic E-state index is 0.0687. The molecule has 1 heterocycles. The van der Waals surface area contributed by atoms with Crippen LogP contribution in [0.1, 0.15) is 49.1 Å². The van der Waals surface area contributed by atoms with Gasteiger partial charge < -0.3 is 4.57 Å². The van der Waals surface area contributed by atoms with Crippen molar-refractivity contribution in [2.24, 2.45) is 0 Å². The summed E-state index contributed by atoms with van der Waals surface area (Å²) < 4.78 is 2.15. The quantitative estimate of drug-likeness (QED) is 0.801. The summed E-state index contributed by atoms with van der Waals surface area (Å²) in [5.41, 5.74) is 3.78. The van der Waals surface area contributed by atoms with Crippen LogP contribution in [0, 0.1) is 13.8 Å². The van der Waals surface area contributed by atoms with Gasteiger partial charge in [0, 0.05) is 12.0 Å². The third kappa shape index (κ3) is 3.04. The highest BCUT2D eigenvalue weighted by Crippen LogP contribution is 2.22. The predicted octanol–water partition coefficient (Wildman–Crippen LogP) is 3.98. The average Bonchev–Trinajstić information content (AvgIpc) is 2.76. The van der Waals surface area contributed by atoms with Crippen molar-refractivity contribution in [3.8, 4) is 0 Å². The zero-order valence-corrected chi connectivity index (χ0v) is 13.6. The van der Waals surface area contributed by atoms with Gasteiger partial charge in [0.15, 0.2) is 0 Å². The van der Waals surface area contributed by atoms with E-state index in [4.69, 9.17) is 11.6 Å². The molecule has 0 atom stereocenters. The van der Waals surface area contributed by atoms with E-state index in [0.29, 0.717) is 5.88 Å². The maximum atomic E-state index is 5.99. The molecule has 0 fully saturated rings. The van der Waals surface area contributed by atoms with Crippen LogP contribution in [0.15, 0.2) is 18.2 Å². The number of aromatic nitrogens is 3. The highest BCUT2D eigenvalue weighted by atomic mass is 35.5. The van der Waals surface area contributed by atoms with Crippen molar-refractivity contribution in [3.63, 3.8) is 0 Å². The van der Waals surface area contributed by atoms with Gasteiger partial charge >= 0.3 is 0 Å². The normalized spacial score (nSPS) is 11.9. The zero-order valence-electron chi connectivity index (χ0n) is 12.9. The van der Waals surface area contributed by atoms with Gasteiger partial charge in [-0.1, -0.05) is 23.8 Å². The zero-order chi connectivity index (χ0) is 14.9. The highest BCUT2D eigenvalue weighted by molar-refractivity contribution is 6.16. The minimum Gasteiger partial charge on any atom is -0.308 e. The van der Waals surface area contributed by atoms with E-state index < -0.39 is 0 Å². The van der Waals surface area contributed by atoms with Crippen LogP contribution in [0.3, 0.4) is 0 Å². The number of hydrogen-bond acceptors (Lipinski definition) is 2. The third-order valence-electron chi connectivity index (χ3n) is 3.44. The van der Waals surface area contributed by atoms with Crippen LogP contribution in [0.2, 0.25) is 0 Å². The van der Waals surface area contributed by atoms with Gasteiger partial charge in [-0.3, -0.25) is 0 Å². The molecule has 0 bridgehead atoms. The maximum absolute atomic E-state index is 5.99. The smallest absolute Gasteiger partial charge is 0.148 e. The topological polar surface area (TPSA) is 30.7 Å². The summed E-state index contributed by atoms with van der Waals surface area (Å²) in [5.74, 6) is 2.19. The lowest BCUT2D eigenvalue weighted by Gasteiger charge is -2.24. The fourth-order valence-corrected chi connectivity index (χ4v) is 2.66.